The number of carboxylic acid groups (broad SMARTS) is 1. The van der Waals surface area contributed by atoms with Gasteiger partial charge in [-0.25, -0.2) is 4.79 Å². The minimum atomic E-state index is -1.02. The second-order valence-corrected chi connectivity index (χ2v) is 6.10. The van der Waals surface area contributed by atoms with Crippen molar-refractivity contribution in [2.45, 2.75) is 44.2 Å². The molecule has 110 valence electrons. The van der Waals surface area contributed by atoms with Crippen LogP contribution in [0.15, 0.2) is 17.5 Å². The van der Waals surface area contributed by atoms with Crippen LogP contribution in [0.5, 0.6) is 0 Å². The first kappa shape index (κ1) is 15.0. The Balaban J connectivity index is 2.13. The van der Waals surface area contributed by atoms with Crippen molar-refractivity contribution in [1.82, 2.24) is 10.6 Å². The molecule has 2 unspecified atom stereocenters. The van der Waals surface area contributed by atoms with Crippen LogP contribution in [0.4, 0.5) is 0 Å². The van der Waals surface area contributed by atoms with Crippen LogP contribution in [0, 0.1) is 0 Å². The number of aliphatic carboxylic acids is 1. The lowest BCUT2D eigenvalue weighted by Gasteiger charge is -2.29. The molecule has 1 amide bonds. The van der Waals surface area contributed by atoms with Crippen molar-refractivity contribution in [2.24, 2.45) is 0 Å². The quantitative estimate of drug-likeness (QED) is 0.749. The molecular weight excluding hydrogens is 276 g/mol. The Hall–Kier alpha value is -1.40. The van der Waals surface area contributed by atoms with Crippen LogP contribution in [0.1, 0.15) is 43.5 Å². The lowest BCUT2D eigenvalue weighted by atomic mass is 9.90. The van der Waals surface area contributed by atoms with Crippen LogP contribution < -0.4 is 10.6 Å². The normalized spacial score (nSPS) is 23.4. The molecule has 1 aromatic rings. The van der Waals surface area contributed by atoms with Gasteiger partial charge in [0.05, 0.1) is 5.54 Å². The highest BCUT2D eigenvalue weighted by Gasteiger charge is 2.41. The van der Waals surface area contributed by atoms with Gasteiger partial charge >= 0.3 is 5.97 Å². The van der Waals surface area contributed by atoms with Crippen LogP contribution in [0.2, 0.25) is 0 Å². The zero-order valence-corrected chi connectivity index (χ0v) is 12.3. The highest BCUT2D eigenvalue weighted by Crippen LogP contribution is 2.27. The number of carbonyl (C=O) groups excluding carboxylic acids is 1. The fourth-order valence-corrected chi connectivity index (χ4v) is 3.50. The van der Waals surface area contributed by atoms with Crippen LogP contribution in [0.25, 0.3) is 0 Å². The lowest BCUT2D eigenvalue weighted by molar-refractivity contribution is -0.143. The third kappa shape index (κ3) is 3.02. The van der Waals surface area contributed by atoms with Gasteiger partial charge in [0.1, 0.15) is 0 Å². The smallest absolute Gasteiger partial charge is 0.331 e. The summed E-state index contributed by atoms with van der Waals surface area (Å²) in [5.41, 5.74) is -0.598. The molecule has 2 atom stereocenters. The maximum atomic E-state index is 12.5. The molecule has 20 heavy (non-hydrogen) atoms. The Labute approximate surface area is 122 Å². The van der Waals surface area contributed by atoms with Crippen molar-refractivity contribution < 1.29 is 14.7 Å². The number of nitrogens with one attached hydrogen (secondary N) is 2. The maximum absolute atomic E-state index is 12.5. The SMILES string of the molecule is CCCC1(C(=O)NC(C(=O)O)c2cccs2)CCCN1. The number of thiophene rings is 1. The molecule has 1 fully saturated rings. The van der Waals surface area contributed by atoms with Crippen LogP contribution >= 0.6 is 11.3 Å². The third-order valence-electron chi connectivity index (χ3n) is 3.71. The average Bonchev–Trinajstić information content (AvgIpc) is 3.07. The van der Waals surface area contributed by atoms with Gasteiger partial charge in [-0.05, 0) is 37.3 Å². The Bertz CT molecular complexity index is 467. The van der Waals surface area contributed by atoms with E-state index in [0.717, 1.165) is 32.2 Å². The molecule has 0 bridgehead atoms. The number of carboxylic acids is 1. The van der Waals surface area contributed by atoms with E-state index >= 15 is 0 Å². The molecule has 1 aromatic heterocycles. The van der Waals surface area contributed by atoms with Crippen molar-refractivity contribution in [3.63, 3.8) is 0 Å². The molecule has 2 rings (SSSR count). The van der Waals surface area contributed by atoms with Gasteiger partial charge in [-0.1, -0.05) is 19.4 Å². The summed E-state index contributed by atoms with van der Waals surface area (Å²) in [5.74, 6) is -1.22. The molecule has 3 N–H and O–H groups in total. The van der Waals surface area contributed by atoms with Crippen LogP contribution in [-0.4, -0.2) is 29.1 Å². The Morgan fingerprint density at radius 3 is 2.90 bits per heavy atom. The molecule has 0 radical (unpaired) electrons. The Morgan fingerprint density at radius 2 is 2.40 bits per heavy atom. The lowest BCUT2D eigenvalue weighted by Crippen LogP contribution is -2.54. The molecule has 1 aliphatic rings. The fourth-order valence-electron chi connectivity index (χ4n) is 2.73. The Kier molecular flexibility index (Phi) is 4.77. The molecule has 0 spiro atoms. The van der Waals surface area contributed by atoms with Crippen molar-refractivity contribution in [2.75, 3.05) is 6.54 Å². The Morgan fingerprint density at radius 1 is 1.60 bits per heavy atom. The van der Waals surface area contributed by atoms with E-state index in [-0.39, 0.29) is 5.91 Å². The van der Waals surface area contributed by atoms with E-state index in [1.807, 2.05) is 12.3 Å². The summed E-state index contributed by atoms with van der Waals surface area (Å²) in [6.07, 6.45) is 3.33. The third-order valence-corrected chi connectivity index (χ3v) is 4.64. The number of amides is 1. The first-order chi connectivity index (χ1) is 9.59. The molecule has 0 saturated carbocycles. The molecule has 0 aromatic carbocycles. The summed E-state index contributed by atoms with van der Waals surface area (Å²) in [7, 11) is 0. The van der Waals surface area contributed by atoms with Crippen molar-refractivity contribution >= 4 is 23.2 Å². The highest BCUT2D eigenvalue weighted by molar-refractivity contribution is 7.10. The minimum Gasteiger partial charge on any atom is -0.479 e. The molecule has 5 nitrogen and oxygen atoms in total. The maximum Gasteiger partial charge on any atom is 0.331 e. The number of hydrogen-bond donors (Lipinski definition) is 3. The van der Waals surface area contributed by atoms with Crippen molar-refractivity contribution in [3.8, 4) is 0 Å². The summed E-state index contributed by atoms with van der Waals surface area (Å²) in [6.45, 7) is 2.84. The number of hydrogen-bond acceptors (Lipinski definition) is 4. The number of carbonyl (C=O) groups is 2. The largest absolute Gasteiger partial charge is 0.479 e. The number of rotatable bonds is 6. The van der Waals surface area contributed by atoms with Gasteiger partial charge in [0.15, 0.2) is 6.04 Å². The monoisotopic (exact) mass is 296 g/mol. The van der Waals surface area contributed by atoms with E-state index in [0.29, 0.717) is 4.88 Å². The van der Waals surface area contributed by atoms with E-state index in [1.54, 1.807) is 12.1 Å². The van der Waals surface area contributed by atoms with Crippen molar-refractivity contribution in [3.05, 3.63) is 22.4 Å². The van der Waals surface area contributed by atoms with E-state index in [1.165, 1.54) is 11.3 Å². The summed E-state index contributed by atoms with van der Waals surface area (Å²) in [6, 6.07) is 2.56. The van der Waals surface area contributed by atoms with Gasteiger partial charge in [0.2, 0.25) is 5.91 Å². The van der Waals surface area contributed by atoms with Crippen LogP contribution in [-0.2, 0) is 9.59 Å². The second-order valence-electron chi connectivity index (χ2n) is 5.12. The van der Waals surface area contributed by atoms with E-state index < -0.39 is 17.6 Å². The standard InChI is InChI=1S/C14H20N2O3S/c1-2-6-14(7-4-8-15-14)13(19)16-11(12(17)18)10-5-3-9-20-10/h3,5,9,11,15H,2,4,6-8H2,1H3,(H,16,19)(H,17,18). The molecule has 1 aliphatic heterocycles. The van der Waals surface area contributed by atoms with Gasteiger partial charge in [-0.15, -0.1) is 11.3 Å². The van der Waals surface area contributed by atoms with E-state index in [9.17, 15) is 14.7 Å². The van der Waals surface area contributed by atoms with Gasteiger partial charge in [0.25, 0.3) is 0 Å². The zero-order valence-electron chi connectivity index (χ0n) is 11.5. The average molecular weight is 296 g/mol. The summed E-state index contributed by atoms with van der Waals surface area (Å²) in [4.78, 5) is 24.6. The molecule has 0 aliphatic carbocycles. The van der Waals surface area contributed by atoms with Crippen molar-refractivity contribution in [1.29, 1.82) is 0 Å². The summed E-state index contributed by atoms with van der Waals surface area (Å²) >= 11 is 1.34. The predicted molar refractivity (Wildman–Crippen MR) is 77.7 cm³/mol. The van der Waals surface area contributed by atoms with Gasteiger partial charge in [0, 0.05) is 4.88 Å². The molecule has 6 heteroatoms. The second kappa shape index (κ2) is 6.37. The summed E-state index contributed by atoms with van der Waals surface area (Å²) in [5, 5.41) is 17.1. The topological polar surface area (TPSA) is 78.4 Å². The van der Waals surface area contributed by atoms with Crippen LogP contribution in [0.3, 0.4) is 0 Å². The predicted octanol–water partition coefficient (Wildman–Crippen LogP) is 1.91. The molecule has 1 saturated heterocycles. The molecule has 2 heterocycles. The van der Waals surface area contributed by atoms with E-state index in [2.05, 4.69) is 10.6 Å². The first-order valence-corrected chi connectivity index (χ1v) is 7.79. The minimum absolute atomic E-state index is 0.197. The summed E-state index contributed by atoms with van der Waals surface area (Å²) < 4.78 is 0. The van der Waals surface area contributed by atoms with Gasteiger partial charge < -0.3 is 15.7 Å². The highest BCUT2D eigenvalue weighted by atomic mass is 32.1. The van der Waals surface area contributed by atoms with Gasteiger partial charge in [-0.2, -0.15) is 0 Å². The first-order valence-electron chi connectivity index (χ1n) is 6.91. The fraction of sp³-hybridized carbons (Fsp3) is 0.571. The zero-order chi connectivity index (χ0) is 14.6. The van der Waals surface area contributed by atoms with E-state index in [4.69, 9.17) is 0 Å². The van der Waals surface area contributed by atoms with Gasteiger partial charge in [-0.3, -0.25) is 4.79 Å². The molecular formula is C14H20N2O3S.